The molecule has 0 aliphatic carbocycles. The molecule has 0 aromatic carbocycles. The van der Waals surface area contributed by atoms with Gasteiger partial charge in [-0.05, 0) is 12.8 Å². The Morgan fingerprint density at radius 1 is 1.29 bits per heavy atom. The van der Waals surface area contributed by atoms with Crippen molar-refractivity contribution in [3.8, 4) is 0 Å². The van der Waals surface area contributed by atoms with Crippen molar-refractivity contribution >= 4 is 29.2 Å². The summed E-state index contributed by atoms with van der Waals surface area (Å²) >= 11 is 11.5. The van der Waals surface area contributed by atoms with E-state index in [0.29, 0.717) is 5.82 Å². The normalized spacial score (nSPS) is 17.0. The summed E-state index contributed by atoms with van der Waals surface area (Å²) in [5.41, 5.74) is 0. The quantitative estimate of drug-likeness (QED) is 0.734. The Morgan fingerprint density at radius 3 is 2.43 bits per heavy atom. The van der Waals surface area contributed by atoms with Gasteiger partial charge in [-0.25, -0.2) is 4.68 Å². The molecule has 0 bridgehead atoms. The predicted octanol–water partition coefficient (Wildman–Crippen LogP) is 1.89. The van der Waals surface area contributed by atoms with Gasteiger partial charge >= 0.3 is 0 Å². The Labute approximate surface area is 92.8 Å². The number of alkyl halides is 2. The molecule has 0 spiro atoms. The summed E-state index contributed by atoms with van der Waals surface area (Å²) in [5, 5.41) is 4.28. The summed E-state index contributed by atoms with van der Waals surface area (Å²) in [7, 11) is 1.81. The lowest BCUT2D eigenvalue weighted by Crippen LogP contribution is -2.19. The summed E-state index contributed by atoms with van der Waals surface area (Å²) in [6.45, 7) is 2.05. The van der Waals surface area contributed by atoms with Gasteiger partial charge in [0.15, 0.2) is 10.7 Å². The lowest BCUT2D eigenvalue weighted by Gasteiger charge is -2.10. The van der Waals surface area contributed by atoms with E-state index in [4.69, 9.17) is 23.2 Å². The smallest absolute Gasteiger partial charge is 0.245 e. The zero-order chi connectivity index (χ0) is 10.1. The first-order chi connectivity index (χ1) is 6.68. The number of anilines is 1. The molecular formula is C8H12Cl2N4. The minimum atomic E-state index is -0.608. The Hall–Kier alpha value is -0.480. The maximum absolute atomic E-state index is 5.75. The summed E-state index contributed by atoms with van der Waals surface area (Å²) in [6, 6.07) is 0. The second kappa shape index (κ2) is 3.95. The monoisotopic (exact) mass is 234 g/mol. The number of hydrogen-bond donors (Lipinski definition) is 0. The van der Waals surface area contributed by atoms with Gasteiger partial charge in [-0.1, -0.05) is 23.2 Å². The molecule has 14 heavy (non-hydrogen) atoms. The molecule has 1 saturated heterocycles. The highest BCUT2D eigenvalue weighted by Gasteiger charge is 2.20. The zero-order valence-corrected chi connectivity index (χ0v) is 9.46. The Morgan fingerprint density at radius 2 is 1.93 bits per heavy atom. The fourth-order valence-corrected chi connectivity index (χ4v) is 2.00. The van der Waals surface area contributed by atoms with Crippen LogP contribution in [0.15, 0.2) is 0 Å². The minimum Gasteiger partial charge on any atom is -0.340 e. The molecule has 6 heteroatoms. The molecule has 0 atom stereocenters. The average molecular weight is 235 g/mol. The van der Waals surface area contributed by atoms with Gasteiger partial charge in [0.25, 0.3) is 0 Å². The van der Waals surface area contributed by atoms with Crippen LogP contribution in [0.2, 0.25) is 0 Å². The molecule has 2 heterocycles. The largest absolute Gasteiger partial charge is 0.340 e. The van der Waals surface area contributed by atoms with Crippen molar-refractivity contribution in [1.29, 1.82) is 0 Å². The van der Waals surface area contributed by atoms with E-state index >= 15 is 0 Å². The third-order valence-corrected chi connectivity index (χ3v) is 2.76. The number of hydrogen-bond acceptors (Lipinski definition) is 3. The molecule has 1 aliphatic heterocycles. The van der Waals surface area contributed by atoms with Gasteiger partial charge in [0.1, 0.15) is 0 Å². The first-order valence-electron chi connectivity index (χ1n) is 4.62. The average Bonchev–Trinajstić information content (AvgIpc) is 2.70. The maximum atomic E-state index is 5.75. The molecule has 2 rings (SSSR count). The van der Waals surface area contributed by atoms with Crippen LogP contribution in [-0.4, -0.2) is 27.9 Å². The molecule has 1 fully saturated rings. The van der Waals surface area contributed by atoms with Crippen LogP contribution < -0.4 is 4.90 Å². The highest BCUT2D eigenvalue weighted by Crippen LogP contribution is 2.25. The lowest BCUT2D eigenvalue weighted by molar-refractivity contribution is 0.719. The van der Waals surface area contributed by atoms with Gasteiger partial charge in [-0.2, -0.15) is 4.98 Å². The summed E-state index contributed by atoms with van der Waals surface area (Å²) < 4.78 is 1.64. The number of nitrogens with zero attached hydrogens (tertiary/aromatic N) is 4. The predicted molar refractivity (Wildman–Crippen MR) is 56.9 cm³/mol. The first kappa shape index (κ1) is 10.1. The second-order valence-electron chi connectivity index (χ2n) is 3.39. The van der Waals surface area contributed by atoms with E-state index in [1.54, 1.807) is 11.7 Å². The SMILES string of the molecule is Cn1nc(N2CCCC2)nc1C(Cl)Cl. The van der Waals surface area contributed by atoms with E-state index in [1.807, 2.05) is 0 Å². The van der Waals surface area contributed by atoms with Gasteiger partial charge in [-0.15, -0.1) is 5.10 Å². The first-order valence-corrected chi connectivity index (χ1v) is 5.50. The van der Waals surface area contributed by atoms with Crippen LogP contribution in [0.1, 0.15) is 23.5 Å². The number of aryl methyl sites for hydroxylation is 1. The van der Waals surface area contributed by atoms with E-state index in [9.17, 15) is 0 Å². The standard InChI is InChI=1S/C8H12Cl2N4/c1-13-7(6(9)10)11-8(12-13)14-4-2-3-5-14/h6H,2-5H2,1H3. The molecule has 1 aromatic rings. The van der Waals surface area contributed by atoms with E-state index < -0.39 is 4.84 Å². The molecular weight excluding hydrogens is 223 g/mol. The molecule has 0 amide bonds. The Bertz CT molecular complexity index is 317. The van der Waals surface area contributed by atoms with Crippen LogP contribution in [0.3, 0.4) is 0 Å². The van der Waals surface area contributed by atoms with Gasteiger partial charge in [0, 0.05) is 20.1 Å². The lowest BCUT2D eigenvalue weighted by atomic mass is 10.4. The summed E-state index contributed by atoms with van der Waals surface area (Å²) in [4.78, 5) is 5.85. The zero-order valence-electron chi connectivity index (χ0n) is 7.95. The van der Waals surface area contributed by atoms with Crippen LogP contribution in [0.4, 0.5) is 5.95 Å². The second-order valence-corrected chi connectivity index (χ2v) is 4.48. The van der Waals surface area contributed by atoms with Crippen molar-refractivity contribution in [2.45, 2.75) is 17.7 Å². The van der Waals surface area contributed by atoms with Crippen LogP contribution in [0, 0.1) is 0 Å². The van der Waals surface area contributed by atoms with Crippen molar-refractivity contribution in [3.63, 3.8) is 0 Å². The Kier molecular flexibility index (Phi) is 2.83. The highest BCUT2D eigenvalue weighted by atomic mass is 35.5. The molecule has 78 valence electrons. The third-order valence-electron chi connectivity index (χ3n) is 2.37. The van der Waals surface area contributed by atoms with Gasteiger partial charge in [0.05, 0.1) is 0 Å². The molecule has 0 saturated carbocycles. The molecule has 0 unspecified atom stereocenters. The van der Waals surface area contributed by atoms with Gasteiger partial charge < -0.3 is 4.90 Å². The summed E-state index contributed by atoms with van der Waals surface area (Å²) in [5.74, 6) is 1.35. The topological polar surface area (TPSA) is 34.0 Å². The van der Waals surface area contributed by atoms with Crippen molar-refractivity contribution < 1.29 is 0 Å². The van der Waals surface area contributed by atoms with Crippen molar-refractivity contribution in [2.75, 3.05) is 18.0 Å². The van der Waals surface area contributed by atoms with E-state index in [-0.39, 0.29) is 0 Å². The van der Waals surface area contributed by atoms with E-state index in [2.05, 4.69) is 15.0 Å². The van der Waals surface area contributed by atoms with Gasteiger partial charge in [-0.3, -0.25) is 0 Å². The molecule has 4 nitrogen and oxygen atoms in total. The van der Waals surface area contributed by atoms with Crippen LogP contribution in [0.5, 0.6) is 0 Å². The van der Waals surface area contributed by atoms with Gasteiger partial charge in [0.2, 0.25) is 5.95 Å². The number of rotatable bonds is 2. The molecule has 0 radical (unpaired) electrons. The van der Waals surface area contributed by atoms with Crippen molar-refractivity contribution in [3.05, 3.63) is 5.82 Å². The Balaban J connectivity index is 2.22. The highest BCUT2D eigenvalue weighted by molar-refractivity contribution is 6.43. The van der Waals surface area contributed by atoms with E-state index in [0.717, 1.165) is 19.0 Å². The van der Waals surface area contributed by atoms with Crippen LogP contribution >= 0.6 is 23.2 Å². The van der Waals surface area contributed by atoms with Crippen LogP contribution in [-0.2, 0) is 7.05 Å². The van der Waals surface area contributed by atoms with Crippen LogP contribution in [0.25, 0.3) is 0 Å². The maximum Gasteiger partial charge on any atom is 0.245 e. The van der Waals surface area contributed by atoms with Crippen molar-refractivity contribution in [1.82, 2.24) is 14.8 Å². The molecule has 1 aliphatic rings. The molecule has 0 N–H and O–H groups in total. The fraction of sp³-hybridized carbons (Fsp3) is 0.750. The fourth-order valence-electron chi connectivity index (χ4n) is 1.62. The third kappa shape index (κ3) is 1.81. The van der Waals surface area contributed by atoms with E-state index in [1.165, 1.54) is 12.8 Å². The molecule has 1 aromatic heterocycles. The van der Waals surface area contributed by atoms with Crippen molar-refractivity contribution in [2.24, 2.45) is 7.05 Å². The minimum absolute atomic E-state index is 0.607. The number of aromatic nitrogens is 3. The number of halogens is 2. The summed E-state index contributed by atoms with van der Waals surface area (Å²) in [6.07, 6.45) is 2.41.